The lowest BCUT2D eigenvalue weighted by atomic mass is 9.80. The van der Waals surface area contributed by atoms with Gasteiger partial charge in [-0.15, -0.1) is 0 Å². The van der Waals surface area contributed by atoms with Crippen LogP contribution >= 0.6 is 12.6 Å². The van der Waals surface area contributed by atoms with E-state index in [9.17, 15) is 9.90 Å². The first-order chi connectivity index (χ1) is 12.7. The third kappa shape index (κ3) is 10.0. The minimum Gasteiger partial charge on any atom is -0.390 e. The monoisotopic (exact) mass is 432 g/mol. The Balaban J connectivity index is 4.98. The van der Waals surface area contributed by atoms with Gasteiger partial charge in [-0.25, -0.2) is 0 Å². The molecule has 0 aliphatic rings. The van der Waals surface area contributed by atoms with E-state index < -0.39 is 16.6 Å². The highest BCUT2D eigenvalue weighted by Crippen LogP contribution is 2.35. The van der Waals surface area contributed by atoms with Crippen molar-refractivity contribution in [3.05, 3.63) is 0 Å². The molecule has 0 saturated carbocycles. The summed E-state index contributed by atoms with van der Waals surface area (Å²) >= 11 is 4.87. The minimum atomic E-state index is -0.900. The summed E-state index contributed by atoms with van der Waals surface area (Å²) in [5.41, 5.74) is -2.45. The number of carbonyl (C=O) groups is 1. The van der Waals surface area contributed by atoms with E-state index >= 15 is 0 Å². The molecule has 0 spiro atoms. The molecule has 3 N–H and O–H groups in total. The molecule has 0 radical (unpaired) electrons. The van der Waals surface area contributed by atoms with Crippen LogP contribution in [0.4, 0.5) is 0 Å². The topological polar surface area (TPSA) is 70.6 Å². The Bertz CT molecular complexity index is 537. The van der Waals surface area contributed by atoms with Crippen LogP contribution in [0.3, 0.4) is 0 Å². The van der Waals surface area contributed by atoms with Crippen molar-refractivity contribution in [2.75, 3.05) is 13.7 Å². The highest BCUT2D eigenvalue weighted by molar-refractivity contribution is 7.81. The molecule has 0 aliphatic carbocycles. The van der Waals surface area contributed by atoms with Crippen molar-refractivity contribution in [1.29, 1.82) is 0 Å². The van der Waals surface area contributed by atoms with Crippen molar-refractivity contribution in [3.63, 3.8) is 0 Å². The number of thiol groups is 1. The number of ether oxygens (including phenoxy) is 1. The van der Waals surface area contributed by atoms with Gasteiger partial charge in [-0.1, -0.05) is 20.8 Å². The summed E-state index contributed by atoms with van der Waals surface area (Å²) in [6.07, 6.45) is 1.28. The van der Waals surface area contributed by atoms with Crippen LogP contribution < -0.4 is 10.6 Å². The summed E-state index contributed by atoms with van der Waals surface area (Å²) < 4.78 is 6.16. The van der Waals surface area contributed by atoms with Crippen LogP contribution in [-0.4, -0.2) is 52.2 Å². The highest BCUT2D eigenvalue weighted by Gasteiger charge is 2.39. The van der Waals surface area contributed by atoms with E-state index in [0.29, 0.717) is 13.0 Å². The summed E-state index contributed by atoms with van der Waals surface area (Å²) in [7, 11) is 1.95. The first-order valence-electron chi connectivity index (χ1n) is 10.7. The van der Waals surface area contributed by atoms with Gasteiger partial charge in [0, 0.05) is 16.2 Å². The maximum absolute atomic E-state index is 12.8. The number of carbonyl (C=O) groups excluding carboxylic acids is 1. The van der Waals surface area contributed by atoms with Gasteiger partial charge < -0.3 is 20.5 Å². The molecule has 0 saturated heterocycles. The fourth-order valence-corrected chi connectivity index (χ4v) is 3.94. The van der Waals surface area contributed by atoms with Crippen molar-refractivity contribution in [1.82, 2.24) is 10.6 Å². The Morgan fingerprint density at radius 1 is 1.03 bits per heavy atom. The van der Waals surface area contributed by atoms with Crippen molar-refractivity contribution in [2.24, 2.45) is 11.3 Å². The Morgan fingerprint density at radius 3 is 1.93 bits per heavy atom. The molecule has 0 aromatic carbocycles. The predicted octanol–water partition coefficient (Wildman–Crippen LogP) is 4.19. The van der Waals surface area contributed by atoms with E-state index in [1.165, 1.54) is 0 Å². The highest BCUT2D eigenvalue weighted by atomic mass is 32.1. The minimum absolute atomic E-state index is 0.0788. The average Bonchev–Trinajstić information content (AvgIpc) is 2.49. The van der Waals surface area contributed by atoms with E-state index in [0.717, 1.165) is 6.42 Å². The molecule has 0 heterocycles. The fourth-order valence-electron chi connectivity index (χ4n) is 3.54. The van der Waals surface area contributed by atoms with Crippen LogP contribution in [0.5, 0.6) is 0 Å². The molecular formula is C23H48N2O3S. The van der Waals surface area contributed by atoms with Crippen molar-refractivity contribution >= 4 is 18.5 Å². The maximum atomic E-state index is 12.8. The number of aliphatic hydroxyl groups is 1. The molecule has 29 heavy (non-hydrogen) atoms. The second-order valence-corrected chi connectivity index (χ2v) is 12.6. The van der Waals surface area contributed by atoms with Gasteiger partial charge in [0.15, 0.2) is 0 Å². The number of hydrogen-bond acceptors (Lipinski definition) is 5. The summed E-state index contributed by atoms with van der Waals surface area (Å²) in [5, 5.41) is 16.5. The molecule has 5 nitrogen and oxygen atoms in total. The summed E-state index contributed by atoms with van der Waals surface area (Å²) in [6, 6.07) is 0.276. The van der Waals surface area contributed by atoms with E-state index in [2.05, 4.69) is 45.3 Å². The molecular weight excluding hydrogens is 384 g/mol. The van der Waals surface area contributed by atoms with E-state index in [-0.39, 0.29) is 28.2 Å². The molecule has 0 fully saturated rings. The molecule has 2 unspecified atom stereocenters. The van der Waals surface area contributed by atoms with Gasteiger partial charge in [-0.3, -0.25) is 4.79 Å². The summed E-state index contributed by atoms with van der Waals surface area (Å²) in [4.78, 5) is 12.8. The Morgan fingerprint density at radius 2 is 1.52 bits per heavy atom. The lowest BCUT2D eigenvalue weighted by Gasteiger charge is -2.41. The van der Waals surface area contributed by atoms with E-state index in [4.69, 9.17) is 17.4 Å². The quantitative estimate of drug-likeness (QED) is 0.349. The molecule has 0 aliphatic heterocycles. The van der Waals surface area contributed by atoms with Crippen LogP contribution in [0, 0.1) is 11.3 Å². The number of nitrogens with one attached hydrogen (secondary N) is 2. The van der Waals surface area contributed by atoms with Gasteiger partial charge in [-0.05, 0) is 81.2 Å². The molecule has 0 rings (SSSR count). The van der Waals surface area contributed by atoms with Crippen molar-refractivity contribution in [2.45, 2.75) is 117 Å². The molecule has 0 aromatic heterocycles. The van der Waals surface area contributed by atoms with Crippen LogP contribution in [0.15, 0.2) is 0 Å². The van der Waals surface area contributed by atoms with Crippen molar-refractivity contribution in [3.8, 4) is 0 Å². The average molecular weight is 433 g/mol. The Labute approximate surface area is 185 Å². The smallest absolute Gasteiger partial charge is 0.226 e. The van der Waals surface area contributed by atoms with Crippen LogP contribution in [0.2, 0.25) is 0 Å². The predicted molar refractivity (Wildman–Crippen MR) is 127 cm³/mol. The largest absolute Gasteiger partial charge is 0.390 e. The number of rotatable bonds is 12. The Hall–Kier alpha value is -0.300. The third-order valence-electron chi connectivity index (χ3n) is 6.02. The molecule has 174 valence electrons. The molecule has 0 aromatic rings. The third-order valence-corrected chi connectivity index (χ3v) is 6.59. The lowest BCUT2D eigenvalue weighted by molar-refractivity contribution is -0.137. The van der Waals surface area contributed by atoms with Gasteiger partial charge in [0.2, 0.25) is 5.91 Å². The van der Waals surface area contributed by atoms with Crippen LogP contribution in [0.25, 0.3) is 0 Å². The van der Waals surface area contributed by atoms with Crippen LogP contribution in [-0.2, 0) is 9.53 Å². The zero-order valence-corrected chi connectivity index (χ0v) is 21.9. The van der Waals surface area contributed by atoms with Gasteiger partial charge in [0.05, 0.1) is 23.3 Å². The van der Waals surface area contributed by atoms with Gasteiger partial charge >= 0.3 is 0 Å². The lowest BCUT2D eigenvalue weighted by Crippen LogP contribution is -2.54. The van der Waals surface area contributed by atoms with Gasteiger partial charge in [0.1, 0.15) is 0 Å². The maximum Gasteiger partial charge on any atom is 0.226 e. The fraction of sp³-hybridized carbons (Fsp3) is 0.957. The molecule has 1 amide bonds. The standard InChI is InChI=1S/C23H48N2O3S/c1-16(13-23(11,29)17(2)24-12)22(9,10)28-15-20(5,6)25-18(26)19(3,4)14-21(7,8)27/h16-17,24,27,29H,13-15H2,1-12H3,(H,25,26)/t16?,17-,23?/m1/s1. The SMILES string of the molecule is CN[C@H](C)C(C)(S)CC(C)C(C)(C)OCC(C)(C)NC(=O)C(C)(C)CC(C)(C)O. The number of amides is 1. The van der Waals surface area contributed by atoms with E-state index in [1.54, 1.807) is 13.8 Å². The zero-order chi connectivity index (χ0) is 23.5. The van der Waals surface area contributed by atoms with Gasteiger partial charge in [-0.2, -0.15) is 12.6 Å². The first-order valence-corrected chi connectivity index (χ1v) is 11.2. The first kappa shape index (κ1) is 28.7. The number of hydrogen-bond donors (Lipinski definition) is 4. The van der Waals surface area contributed by atoms with Gasteiger partial charge in [0.25, 0.3) is 0 Å². The second-order valence-electron chi connectivity index (χ2n) is 11.6. The Kier molecular flexibility index (Phi) is 9.78. The van der Waals surface area contributed by atoms with Crippen molar-refractivity contribution < 1.29 is 14.6 Å². The summed E-state index contributed by atoms with van der Waals surface area (Å²) in [5.74, 6) is 0.198. The molecule has 3 atom stereocenters. The normalized spacial score (nSPS) is 18.1. The summed E-state index contributed by atoms with van der Waals surface area (Å²) in [6.45, 7) is 22.2. The molecule has 6 heteroatoms. The van der Waals surface area contributed by atoms with E-state index in [1.807, 2.05) is 34.7 Å². The zero-order valence-electron chi connectivity index (χ0n) is 21.0. The van der Waals surface area contributed by atoms with Crippen LogP contribution in [0.1, 0.15) is 89.0 Å². The second kappa shape index (κ2) is 9.88. The molecule has 0 bridgehead atoms.